The number of carbonyl (C=O) groups excluding carboxylic acids is 1. The third kappa shape index (κ3) is 10.0. The zero-order chi connectivity index (χ0) is 19.1. The average Bonchev–Trinajstić information content (AvgIpc) is 2.58. The van der Waals surface area contributed by atoms with E-state index in [-0.39, 0.29) is 0 Å². The fourth-order valence-electron chi connectivity index (χ4n) is 3.57. The molecule has 0 bridgehead atoms. The summed E-state index contributed by atoms with van der Waals surface area (Å²) in [5.74, 6) is -0.992. The van der Waals surface area contributed by atoms with Crippen molar-refractivity contribution in [2.75, 3.05) is 19.6 Å². The van der Waals surface area contributed by atoms with Crippen molar-refractivity contribution in [2.45, 2.75) is 97.6 Å². The predicted octanol–water partition coefficient (Wildman–Crippen LogP) is 3.43. The van der Waals surface area contributed by atoms with Gasteiger partial charge in [0.1, 0.15) is 18.7 Å². The van der Waals surface area contributed by atoms with Crippen molar-refractivity contribution in [3.05, 3.63) is 12.2 Å². The number of carboxylic acid groups (broad SMARTS) is 1. The number of unbranched alkanes of at least 4 members (excludes halogenated alkanes) is 5. The molecule has 0 aromatic rings. The fraction of sp³-hybridized carbons (Fsp3) is 0.857. The van der Waals surface area contributed by atoms with Gasteiger partial charge in [-0.1, -0.05) is 38.8 Å². The van der Waals surface area contributed by atoms with E-state index in [1.165, 1.54) is 0 Å². The van der Waals surface area contributed by atoms with Crippen molar-refractivity contribution in [1.29, 1.82) is 0 Å². The Labute approximate surface area is 155 Å². The molecule has 0 aliphatic carbocycles. The number of quaternary nitrogens is 1. The van der Waals surface area contributed by atoms with Crippen LogP contribution in [0, 0.1) is 0 Å². The van der Waals surface area contributed by atoms with Gasteiger partial charge in [0.25, 0.3) is 0 Å². The molecule has 25 heavy (non-hydrogen) atoms. The normalized spacial score (nSPS) is 14.8. The lowest BCUT2D eigenvalue weighted by atomic mass is 10.0. The van der Waals surface area contributed by atoms with Crippen LogP contribution >= 0.6 is 0 Å². The Morgan fingerprint density at radius 2 is 1.64 bits per heavy atom. The lowest BCUT2D eigenvalue weighted by Crippen LogP contribution is -2.63. The second-order valence-corrected chi connectivity index (χ2v) is 7.41. The molecule has 0 aromatic carbocycles. The minimum absolute atomic E-state index is 0.449. The molecule has 4 heteroatoms. The van der Waals surface area contributed by atoms with Crippen molar-refractivity contribution in [3.63, 3.8) is 0 Å². The van der Waals surface area contributed by atoms with Crippen molar-refractivity contribution in [3.8, 4) is 0 Å². The van der Waals surface area contributed by atoms with Crippen LogP contribution in [0.15, 0.2) is 12.2 Å². The number of carboxylic acids is 1. The third-order valence-electron chi connectivity index (χ3n) is 5.29. The summed E-state index contributed by atoms with van der Waals surface area (Å²) in [7, 11) is 0. The number of carbonyl (C=O) groups is 1. The molecule has 0 saturated carbocycles. The van der Waals surface area contributed by atoms with Crippen LogP contribution in [0.2, 0.25) is 0 Å². The first-order valence-electron chi connectivity index (χ1n) is 10.3. The molecule has 1 N–H and O–H groups in total. The van der Waals surface area contributed by atoms with Gasteiger partial charge in [0.2, 0.25) is 0 Å². The van der Waals surface area contributed by atoms with Crippen LogP contribution in [0.1, 0.15) is 85.5 Å². The highest BCUT2D eigenvalue weighted by Gasteiger charge is 2.36. The van der Waals surface area contributed by atoms with E-state index < -0.39 is 18.1 Å². The summed E-state index contributed by atoms with van der Waals surface area (Å²) in [5.41, 5.74) is 0. The maximum absolute atomic E-state index is 11.7. The number of rotatable bonds is 16. The van der Waals surface area contributed by atoms with Gasteiger partial charge in [-0.2, -0.15) is 0 Å². The number of hydrogen-bond donors (Lipinski definition) is 1. The summed E-state index contributed by atoms with van der Waals surface area (Å²) in [5, 5.41) is 22.2. The molecule has 2 atom stereocenters. The number of aliphatic carboxylic acids is 1. The third-order valence-corrected chi connectivity index (χ3v) is 5.29. The number of nitrogens with zero attached hydrogens (tertiary/aromatic N) is 1. The topological polar surface area (TPSA) is 60.4 Å². The van der Waals surface area contributed by atoms with E-state index in [4.69, 9.17) is 0 Å². The predicted molar refractivity (Wildman–Crippen MR) is 103 cm³/mol. The monoisotopic (exact) mass is 355 g/mol. The molecule has 0 amide bonds. The largest absolute Gasteiger partial charge is 0.544 e. The minimum Gasteiger partial charge on any atom is -0.544 e. The van der Waals surface area contributed by atoms with Crippen molar-refractivity contribution >= 4 is 5.97 Å². The summed E-state index contributed by atoms with van der Waals surface area (Å²) in [4.78, 5) is 11.7. The van der Waals surface area contributed by atoms with E-state index in [2.05, 4.69) is 19.9 Å². The lowest BCUT2D eigenvalue weighted by molar-refractivity contribution is -0.946. The maximum atomic E-state index is 11.7. The minimum atomic E-state index is -0.992. The number of aliphatic hydroxyl groups excluding tert-OH is 1. The lowest BCUT2D eigenvalue weighted by Gasteiger charge is -2.45. The summed E-state index contributed by atoms with van der Waals surface area (Å²) in [6.45, 7) is 10.2. The summed E-state index contributed by atoms with van der Waals surface area (Å²) in [6, 6.07) is -0.570. The smallest absolute Gasteiger partial charge is 0.126 e. The number of aliphatic hydroxyl groups is 1. The highest BCUT2D eigenvalue weighted by atomic mass is 16.4. The Morgan fingerprint density at radius 3 is 2.08 bits per heavy atom. The van der Waals surface area contributed by atoms with E-state index in [0.717, 1.165) is 70.9 Å². The van der Waals surface area contributed by atoms with Crippen molar-refractivity contribution in [2.24, 2.45) is 0 Å². The first kappa shape index (κ1) is 24.1. The average molecular weight is 356 g/mol. The quantitative estimate of drug-likeness (QED) is 0.262. The van der Waals surface area contributed by atoms with Crippen molar-refractivity contribution < 1.29 is 19.5 Å². The van der Waals surface area contributed by atoms with Gasteiger partial charge in [0, 0.05) is 0 Å². The van der Waals surface area contributed by atoms with E-state index in [0.29, 0.717) is 11.0 Å². The molecule has 0 heterocycles. The Balaban J connectivity index is 5.08. The Kier molecular flexibility index (Phi) is 13.8. The van der Waals surface area contributed by atoms with E-state index in [1.54, 1.807) is 6.92 Å². The van der Waals surface area contributed by atoms with Crippen LogP contribution in [0.3, 0.4) is 0 Å². The van der Waals surface area contributed by atoms with Gasteiger partial charge >= 0.3 is 0 Å². The van der Waals surface area contributed by atoms with Gasteiger partial charge in [-0.15, -0.1) is 0 Å². The van der Waals surface area contributed by atoms with Gasteiger partial charge in [-0.25, -0.2) is 0 Å². The highest BCUT2D eigenvalue weighted by Crippen LogP contribution is 2.21. The van der Waals surface area contributed by atoms with Crippen LogP contribution in [0.5, 0.6) is 0 Å². The zero-order valence-corrected chi connectivity index (χ0v) is 17.0. The Bertz CT molecular complexity index is 358. The molecule has 0 aromatic heterocycles. The zero-order valence-electron chi connectivity index (χ0n) is 17.0. The van der Waals surface area contributed by atoms with E-state index in [1.807, 2.05) is 13.0 Å². The maximum Gasteiger partial charge on any atom is 0.126 e. The number of hydrogen-bond acceptors (Lipinski definition) is 3. The molecule has 0 radical (unpaired) electrons. The first-order chi connectivity index (χ1) is 11.9. The van der Waals surface area contributed by atoms with Gasteiger partial charge < -0.3 is 19.5 Å². The molecule has 0 fully saturated rings. The summed E-state index contributed by atoms with van der Waals surface area (Å²) < 4.78 is 0.465. The van der Waals surface area contributed by atoms with Crippen LogP contribution in [0.25, 0.3) is 0 Å². The first-order valence-corrected chi connectivity index (χ1v) is 10.3. The fourth-order valence-corrected chi connectivity index (χ4v) is 3.57. The summed E-state index contributed by atoms with van der Waals surface area (Å²) >= 11 is 0. The molecule has 0 aliphatic rings. The Hall–Kier alpha value is -0.870. The standard InChI is InChI=1S/C21H41NO3/c1-5-8-11-12-15-20(23)18-22(16-13-9-6-2,17-14-10-7-3)19(4)21(24)25/h5,8,19-20,23H,6-7,9-18H2,1-4H3/b8-5+. The molecule has 148 valence electrons. The molecular weight excluding hydrogens is 314 g/mol. The molecule has 2 unspecified atom stereocenters. The molecule has 0 aliphatic heterocycles. The molecular formula is C21H41NO3. The van der Waals surface area contributed by atoms with Crippen LogP contribution in [0.4, 0.5) is 0 Å². The molecule has 0 spiro atoms. The van der Waals surface area contributed by atoms with Crippen LogP contribution in [-0.4, -0.2) is 47.3 Å². The van der Waals surface area contributed by atoms with Gasteiger partial charge in [-0.3, -0.25) is 0 Å². The Morgan fingerprint density at radius 1 is 1.08 bits per heavy atom. The second-order valence-electron chi connectivity index (χ2n) is 7.41. The molecule has 0 saturated heterocycles. The number of allylic oxidation sites excluding steroid dienone is 2. The van der Waals surface area contributed by atoms with E-state index >= 15 is 0 Å². The van der Waals surface area contributed by atoms with Crippen LogP contribution < -0.4 is 5.11 Å². The second kappa shape index (κ2) is 14.3. The molecule has 4 nitrogen and oxygen atoms in total. The van der Waals surface area contributed by atoms with Gasteiger partial charge in [0.15, 0.2) is 0 Å². The van der Waals surface area contributed by atoms with Gasteiger partial charge in [-0.05, 0) is 58.8 Å². The highest BCUT2D eigenvalue weighted by molar-refractivity contribution is 5.69. The van der Waals surface area contributed by atoms with Gasteiger partial charge in [0.05, 0.1) is 19.1 Å². The molecule has 0 rings (SSSR count). The summed E-state index contributed by atoms with van der Waals surface area (Å²) in [6.07, 6.45) is 12.8. The van der Waals surface area contributed by atoms with Crippen LogP contribution in [-0.2, 0) is 4.79 Å². The van der Waals surface area contributed by atoms with Crippen molar-refractivity contribution in [1.82, 2.24) is 0 Å². The SMILES string of the molecule is C/C=C/CCCC(O)C[N+](CCCCC)(CCCCC)C(C)C(=O)[O-]. The van der Waals surface area contributed by atoms with E-state index in [9.17, 15) is 15.0 Å².